The molecule has 0 saturated carbocycles. The van der Waals surface area contributed by atoms with E-state index < -0.39 is 17.4 Å². The summed E-state index contributed by atoms with van der Waals surface area (Å²) in [5.41, 5.74) is 5.41. The summed E-state index contributed by atoms with van der Waals surface area (Å²) in [6.45, 7) is 4.97. The van der Waals surface area contributed by atoms with Crippen molar-refractivity contribution in [3.63, 3.8) is 0 Å². The van der Waals surface area contributed by atoms with E-state index in [1.807, 2.05) is 0 Å². The van der Waals surface area contributed by atoms with Gasteiger partial charge in [-0.15, -0.1) is 0 Å². The number of rotatable bonds is 9. The summed E-state index contributed by atoms with van der Waals surface area (Å²) in [6.07, 6.45) is 6.91. The first-order valence-corrected chi connectivity index (χ1v) is 11.5. The fourth-order valence-electron chi connectivity index (χ4n) is 3.94. The molecule has 1 amide bonds. The van der Waals surface area contributed by atoms with Gasteiger partial charge in [-0.2, -0.15) is 4.98 Å². The van der Waals surface area contributed by atoms with E-state index in [9.17, 15) is 14.0 Å². The number of carbonyl (C=O) groups excluding carboxylic acids is 1. The number of nitrogens with one attached hydrogen (secondary N) is 3. The van der Waals surface area contributed by atoms with Gasteiger partial charge in [0, 0.05) is 38.1 Å². The molecule has 2 fully saturated rings. The number of halogens is 1. The molecular weight excluding hydrogens is 427 g/mol. The first-order chi connectivity index (χ1) is 16.0. The Bertz CT molecular complexity index is 1020. The average molecular weight is 459 g/mol. The van der Waals surface area contributed by atoms with Gasteiger partial charge >= 0.3 is 5.69 Å². The van der Waals surface area contributed by atoms with E-state index in [4.69, 9.17) is 5.73 Å². The predicted octanol–water partition coefficient (Wildman–Crippen LogP) is 0.426. The molecule has 10 nitrogen and oxygen atoms in total. The van der Waals surface area contributed by atoms with Gasteiger partial charge in [0.25, 0.3) is 5.91 Å². The number of hydrogen-bond donors (Lipinski definition) is 4. The van der Waals surface area contributed by atoms with E-state index in [-0.39, 0.29) is 23.2 Å². The summed E-state index contributed by atoms with van der Waals surface area (Å²) in [5.74, 6) is -1.26. The number of aromatic nitrogens is 3. The van der Waals surface area contributed by atoms with Gasteiger partial charge in [-0.25, -0.2) is 14.2 Å². The van der Waals surface area contributed by atoms with Crippen molar-refractivity contribution in [1.82, 2.24) is 30.1 Å². The highest BCUT2D eigenvalue weighted by Gasteiger charge is 2.23. The number of piperidine rings is 1. The number of aryl methyl sites for hydroxylation is 1. The van der Waals surface area contributed by atoms with Crippen LogP contribution < -0.4 is 27.4 Å². The minimum absolute atomic E-state index is 0.00566. The van der Waals surface area contributed by atoms with Crippen LogP contribution in [0, 0.1) is 5.82 Å². The Morgan fingerprint density at radius 1 is 1.21 bits per heavy atom. The van der Waals surface area contributed by atoms with Gasteiger partial charge in [0.05, 0.1) is 11.6 Å². The molecule has 0 bridgehead atoms. The van der Waals surface area contributed by atoms with Gasteiger partial charge in [-0.3, -0.25) is 9.36 Å². The maximum absolute atomic E-state index is 14.8. The highest BCUT2D eigenvalue weighted by atomic mass is 19.1. The van der Waals surface area contributed by atoms with Crippen LogP contribution in [0.25, 0.3) is 0 Å². The van der Waals surface area contributed by atoms with Crippen molar-refractivity contribution >= 4 is 17.5 Å². The molecule has 0 atom stereocenters. The van der Waals surface area contributed by atoms with Crippen LogP contribution in [0.2, 0.25) is 0 Å². The minimum Gasteiger partial charge on any atom is -0.347 e. The molecule has 5 N–H and O–H groups in total. The molecule has 0 unspecified atom stereocenters. The van der Waals surface area contributed by atoms with Crippen LogP contribution in [0.1, 0.15) is 36.0 Å². The Kier molecular flexibility index (Phi) is 7.63. The van der Waals surface area contributed by atoms with Crippen LogP contribution in [-0.2, 0) is 6.54 Å². The molecule has 11 heteroatoms. The summed E-state index contributed by atoms with van der Waals surface area (Å²) in [5, 5.41) is 8.50. The Morgan fingerprint density at radius 3 is 2.67 bits per heavy atom. The van der Waals surface area contributed by atoms with Crippen molar-refractivity contribution in [1.29, 1.82) is 0 Å². The Hall–Kier alpha value is -2.89. The van der Waals surface area contributed by atoms with Crippen molar-refractivity contribution in [2.45, 2.75) is 44.3 Å². The van der Waals surface area contributed by atoms with E-state index in [1.54, 1.807) is 12.3 Å². The molecule has 2 aromatic heterocycles. The van der Waals surface area contributed by atoms with Crippen molar-refractivity contribution in [2.24, 2.45) is 5.73 Å². The number of hydrogen-bond acceptors (Lipinski definition) is 8. The standard InChI is InChI=1S/C22H31FN8O2/c23-19-17(21(32)27-16-13-25-14-16)3-7-26-20(19)28-18-6-12-31(22(33)29-18)9-2-1-8-30-10-4-15(24)5-11-30/h3,6-7,12,15-16,25H,1-2,4-5,8-11,13-14,24H2,(H,27,32)(H,26,28,29,33). The zero-order valence-corrected chi connectivity index (χ0v) is 18.6. The van der Waals surface area contributed by atoms with Crippen LogP contribution in [0.4, 0.5) is 16.0 Å². The van der Waals surface area contributed by atoms with Gasteiger partial charge in [0.15, 0.2) is 11.6 Å². The molecule has 4 rings (SSSR count). The highest BCUT2D eigenvalue weighted by Crippen LogP contribution is 2.18. The van der Waals surface area contributed by atoms with Crippen LogP contribution in [0.5, 0.6) is 0 Å². The third-order valence-corrected chi connectivity index (χ3v) is 6.13. The van der Waals surface area contributed by atoms with Gasteiger partial charge < -0.3 is 26.6 Å². The summed E-state index contributed by atoms with van der Waals surface area (Å²) < 4.78 is 16.4. The van der Waals surface area contributed by atoms with Crippen molar-refractivity contribution in [3.8, 4) is 0 Å². The first-order valence-electron chi connectivity index (χ1n) is 11.5. The fraction of sp³-hybridized carbons (Fsp3) is 0.545. The quantitative estimate of drug-likeness (QED) is 0.398. The third-order valence-electron chi connectivity index (χ3n) is 6.13. The van der Waals surface area contributed by atoms with E-state index in [0.717, 1.165) is 45.3 Å². The monoisotopic (exact) mass is 458 g/mol. The molecule has 0 spiro atoms. The first kappa shape index (κ1) is 23.3. The maximum atomic E-state index is 14.8. The number of unbranched alkanes of at least 4 members (excludes halogenated alkanes) is 1. The molecular formula is C22H31FN8O2. The number of likely N-dealkylation sites (tertiary alicyclic amines) is 1. The number of pyridine rings is 1. The van der Waals surface area contributed by atoms with E-state index in [0.29, 0.717) is 25.7 Å². The predicted molar refractivity (Wildman–Crippen MR) is 123 cm³/mol. The Balaban J connectivity index is 1.30. The lowest BCUT2D eigenvalue weighted by molar-refractivity contribution is 0.0919. The van der Waals surface area contributed by atoms with E-state index in [2.05, 4.69) is 30.8 Å². The molecule has 178 valence electrons. The molecule has 33 heavy (non-hydrogen) atoms. The lowest BCUT2D eigenvalue weighted by Crippen LogP contribution is -2.57. The molecule has 4 heterocycles. The van der Waals surface area contributed by atoms with Crippen LogP contribution in [-0.4, -0.2) is 70.1 Å². The highest BCUT2D eigenvalue weighted by molar-refractivity contribution is 5.95. The molecule has 0 aliphatic carbocycles. The second-order valence-electron chi connectivity index (χ2n) is 8.65. The lowest BCUT2D eigenvalue weighted by Gasteiger charge is -2.29. The number of amides is 1. The molecule has 2 aromatic rings. The zero-order chi connectivity index (χ0) is 23.2. The summed E-state index contributed by atoms with van der Waals surface area (Å²) in [4.78, 5) is 35.0. The normalized spacial score (nSPS) is 17.5. The number of nitrogens with two attached hydrogens (primary N) is 1. The van der Waals surface area contributed by atoms with Crippen LogP contribution in [0.3, 0.4) is 0 Å². The summed E-state index contributed by atoms with van der Waals surface area (Å²) in [7, 11) is 0. The van der Waals surface area contributed by atoms with Crippen molar-refractivity contribution in [3.05, 3.63) is 46.4 Å². The molecule has 0 radical (unpaired) electrons. The number of nitrogens with zero attached hydrogens (tertiary/aromatic N) is 4. The molecule has 0 aromatic carbocycles. The lowest BCUT2D eigenvalue weighted by atomic mass is 10.1. The zero-order valence-electron chi connectivity index (χ0n) is 18.6. The van der Waals surface area contributed by atoms with Crippen molar-refractivity contribution < 1.29 is 9.18 Å². The van der Waals surface area contributed by atoms with Crippen LogP contribution in [0.15, 0.2) is 29.3 Å². The second-order valence-corrected chi connectivity index (χ2v) is 8.65. The van der Waals surface area contributed by atoms with Gasteiger partial charge in [-0.05, 0) is 57.5 Å². The average Bonchev–Trinajstić information content (AvgIpc) is 2.77. The topological polar surface area (TPSA) is 130 Å². The maximum Gasteiger partial charge on any atom is 0.349 e. The third kappa shape index (κ3) is 6.12. The second kappa shape index (κ2) is 10.8. The molecule has 2 aliphatic heterocycles. The SMILES string of the molecule is NC1CCN(CCCCn2ccc(Nc3nccc(C(=O)NC4CNC4)c3F)nc2=O)CC1. The smallest absolute Gasteiger partial charge is 0.347 e. The number of carbonyl (C=O) groups is 1. The largest absolute Gasteiger partial charge is 0.349 e. The Labute approximate surface area is 191 Å². The van der Waals surface area contributed by atoms with Gasteiger partial charge in [0.2, 0.25) is 0 Å². The fourth-order valence-corrected chi connectivity index (χ4v) is 3.94. The van der Waals surface area contributed by atoms with Crippen molar-refractivity contribution in [2.75, 3.05) is 38.0 Å². The summed E-state index contributed by atoms with van der Waals surface area (Å²) in [6, 6.07) is 3.24. The number of anilines is 2. The summed E-state index contributed by atoms with van der Waals surface area (Å²) >= 11 is 0. The van der Waals surface area contributed by atoms with E-state index >= 15 is 0 Å². The molecule has 2 aliphatic rings. The van der Waals surface area contributed by atoms with Gasteiger partial charge in [-0.1, -0.05) is 0 Å². The minimum atomic E-state index is -0.785. The van der Waals surface area contributed by atoms with E-state index in [1.165, 1.54) is 16.8 Å². The van der Waals surface area contributed by atoms with Crippen LogP contribution >= 0.6 is 0 Å². The Morgan fingerprint density at radius 2 is 1.97 bits per heavy atom. The molecule has 2 saturated heterocycles. The van der Waals surface area contributed by atoms with Gasteiger partial charge in [0.1, 0.15) is 5.82 Å².